The second-order valence-electron chi connectivity index (χ2n) is 5.19. The summed E-state index contributed by atoms with van der Waals surface area (Å²) in [5.74, 6) is 0. The molecule has 4 aromatic rings. The highest BCUT2D eigenvalue weighted by atomic mass is 15.3. The number of benzene rings is 1. The molecule has 0 aliphatic heterocycles. The molecule has 4 rings (SSSR count). The first-order chi connectivity index (χ1) is 10.8. The van der Waals surface area contributed by atoms with Gasteiger partial charge in [0, 0.05) is 23.0 Å². The largest absolute Gasteiger partial charge is 0.253 e. The maximum absolute atomic E-state index is 4.65. The predicted octanol–water partition coefficient (Wildman–Crippen LogP) is 3.77. The molecular weight excluding hydrogens is 272 g/mol. The lowest BCUT2D eigenvalue weighted by Gasteiger charge is -2.10. The first kappa shape index (κ1) is 12.7. The topological polar surface area (TPSA) is 43.1 Å². The van der Waals surface area contributed by atoms with Gasteiger partial charge in [-0.05, 0) is 36.8 Å². The van der Waals surface area contributed by atoms with Gasteiger partial charge in [-0.15, -0.1) is 0 Å². The lowest BCUT2D eigenvalue weighted by atomic mass is 9.98. The lowest BCUT2D eigenvalue weighted by molar-refractivity contribution is 0.963. The zero-order valence-corrected chi connectivity index (χ0v) is 12.1. The number of aromatic nitrogens is 4. The minimum absolute atomic E-state index is 0.843. The Morgan fingerprint density at radius 1 is 0.864 bits per heavy atom. The summed E-state index contributed by atoms with van der Waals surface area (Å²) >= 11 is 0. The highest BCUT2D eigenvalue weighted by Gasteiger charge is 2.09. The number of fused-ring (bicyclic) bond motifs is 1. The van der Waals surface area contributed by atoms with E-state index in [0.717, 1.165) is 33.7 Å². The molecule has 0 aliphatic carbocycles. The van der Waals surface area contributed by atoms with Gasteiger partial charge in [0.2, 0.25) is 0 Å². The van der Waals surface area contributed by atoms with Crippen LogP contribution in [0, 0.1) is 6.92 Å². The number of pyridine rings is 2. The summed E-state index contributed by atoms with van der Waals surface area (Å²) in [7, 11) is 0. The van der Waals surface area contributed by atoms with Crippen LogP contribution in [0.3, 0.4) is 0 Å². The van der Waals surface area contributed by atoms with Gasteiger partial charge in [-0.25, -0.2) is 9.50 Å². The van der Waals surface area contributed by atoms with Crippen molar-refractivity contribution in [1.29, 1.82) is 0 Å². The van der Waals surface area contributed by atoms with Crippen LogP contribution in [0.2, 0.25) is 0 Å². The van der Waals surface area contributed by atoms with Gasteiger partial charge in [0.15, 0.2) is 5.65 Å². The van der Waals surface area contributed by atoms with Crippen LogP contribution in [0.15, 0.2) is 67.1 Å². The molecule has 0 atom stereocenters. The van der Waals surface area contributed by atoms with E-state index in [1.54, 1.807) is 10.8 Å². The monoisotopic (exact) mass is 286 g/mol. The van der Waals surface area contributed by atoms with E-state index in [0.29, 0.717) is 0 Å². The van der Waals surface area contributed by atoms with Gasteiger partial charge < -0.3 is 0 Å². The standard InChI is InChI=1S/C18H14N4/c1-13-5-4-8-17(21-13)16-7-3-2-6-15(16)14-9-10-18-19-12-20-22(18)11-14/h2-12H,1H3. The molecule has 0 N–H and O–H groups in total. The van der Waals surface area contributed by atoms with Crippen molar-refractivity contribution in [1.82, 2.24) is 19.6 Å². The molecule has 0 amide bonds. The number of rotatable bonds is 2. The normalized spacial score (nSPS) is 11.0. The molecule has 0 aliphatic rings. The fourth-order valence-corrected chi connectivity index (χ4v) is 2.63. The summed E-state index contributed by atoms with van der Waals surface area (Å²) in [5, 5.41) is 4.21. The van der Waals surface area contributed by atoms with Crippen molar-refractivity contribution in [2.24, 2.45) is 0 Å². The molecule has 106 valence electrons. The van der Waals surface area contributed by atoms with E-state index in [1.165, 1.54) is 0 Å². The van der Waals surface area contributed by atoms with Crippen LogP contribution in [-0.2, 0) is 0 Å². The number of hydrogen-bond acceptors (Lipinski definition) is 3. The van der Waals surface area contributed by atoms with Crippen molar-refractivity contribution < 1.29 is 0 Å². The SMILES string of the molecule is Cc1cccc(-c2ccccc2-c2ccc3ncnn3c2)n1. The maximum Gasteiger partial charge on any atom is 0.155 e. The van der Waals surface area contributed by atoms with Crippen LogP contribution < -0.4 is 0 Å². The van der Waals surface area contributed by atoms with Gasteiger partial charge in [-0.2, -0.15) is 5.10 Å². The van der Waals surface area contributed by atoms with E-state index >= 15 is 0 Å². The van der Waals surface area contributed by atoms with E-state index < -0.39 is 0 Å². The molecule has 0 unspecified atom stereocenters. The van der Waals surface area contributed by atoms with E-state index in [9.17, 15) is 0 Å². The number of hydrogen-bond donors (Lipinski definition) is 0. The van der Waals surface area contributed by atoms with Crippen molar-refractivity contribution in [3.05, 3.63) is 72.8 Å². The molecule has 0 bridgehead atoms. The quantitative estimate of drug-likeness (QED) is 0.563. The molecular formula is C18H14N4. The Hall–Kier alpha value is -3.01. The van der Waals surface area contributed by atoms with Crippen LogP contribution >= 0.6 is 0 Å². The number of nitrogens with zero attached hydrogens (tertiary/aromatic N) is 4. The summed E-state index contributed by atoms with van der Waals surface area (Å²) in [5.41, 5.74) is 6.18. The second-order valence-corrected chi connectivity index (χ2v) is 5.19. The molecule has 0 spiro atoms. The van der Waals surface area contributed by atoms with Crippen LogP contribution in [0.1, 0.15) is 5.69 Å². The maximum atomic E-state index is 4.65. The Labute approximate surface area is 128 Å². The minimum Gasteiger partial charge on any atom is -0.253 e. The first-order valence-electron chi connectivity index (χ1n) is 7.14. The third-order valence-electron chi connectivity index (χ3n) is 3.68. The Bertz CT molecular complexity index is 956. The van der Waals surface area contributed by atoms with Gasteiger partial charge >= 0.3 is 0 Å². The zero-order chi connectivity index (χ0) is 14.9. The first-order valence-corrected chi connectivity index (χ1v) is 7.14. The van der Waals surface area contributed by atoms with Crippen molar-refractivity contribution in [2.75, 3.05) is 0 Å². The molecule has 3 heterocycles. The fraction of sp³-hybridized carbons (Fsp3) is 0.0556. The Balaban J connectivity index is 1.92. The molecule has 0 fully saturated rings. The van der Waals surface area contributed by atoms with Crippen LogP contribution in [0.25, 0.3) is 28.0 Å². The van der Waals surface area contributed by atoms with Crippen molar-refractivity contribution in [3.8, 4) is 22.4 Å². The van der Waals surface area contributed by atoms with Crippen molar-refractivity contribution >= 4 is 5.65 Å². The van der Waals surface area contributed by atoms with Crippen molar-refractivity contribution in [2.45, 2.75) is 6.92 Å². The zero-order valence-electron chi connectivity index (χ0n) is 12.1. The van der Waals surface area contributed by atoms with Gasteiger partial charge in [-0.1, -0.05) is 30.3 Å². The third-order valence-corrected chi connectivity index (χ3v) is 3.68. The summed E-state index contributed by atoms with van der Waals surface area (Å²) in [6.45, 7) is 2.01. The van der Waals surface area contributed by atoms with Gasteiger partial charge in [0.05, 0.1) is 5.69 Å². The Morgan fingerprint density at radius 3 is 2.59 bits per heavy atom. The van der Waals surface area contributed by atoms with Crippen LogP contribution in [0.4, 0.5) is 0 Å². The van der Waals surface area contributed by atoms with Crippen molar-refractivity contribution in [3.63, 3.8) is 0 Å². The highest BCUT2D eigenvalue weighted by Crippen LogP contribution is 2.30. The fourth-order valence-electron chi connectivity index (χ4n) is 2.63. The van der Waals surface area contributed by atoms with Crippen LogP contribution in [0.5, 0.6) is 0 Å². The molecule has 4 nitrogen and oxygen atoms in total. The summed E-state index contributed by atoms with van der Waals surface area (Å²) in [6, 6.07) is 18.4. The van der Waals surface area contributed by atoms with Gasteiger partial charge in [-0.3, -0.25) is 4.98 Å². The molecule has 22 heavy (non-hydrogen) atoms. The lowest BCUT2D eigenvalue weighted by Crippen LogP contribution is -1.92. The summed E-state index contributed by atoms with van der Waals surface area (Å²) in [4.78, 5) is 8.83. The van der Waals surface area contributed by atoms with E-state index in [2.05, 4.69) is 33.3 Å². The molecule has 1 aromatic carbocycles. The average molecular weight is 286 g/mol. The second kappa shape index (κ2) is 5.07. The average Bonchev–Trinajstić information content (AvgIpc) is 3.02. The minimum atomic E-state index is 0.843. The molecule has 0 saturated heterocycles. The predicted molar refractivity (Wildman–Crippen MR) is 86.4 cm³/mol. The Kier molecular flexibility index (Phi) is 2.93. The highest BCUT2D eigenvalue weighted by molar-refractivity contribution is 5.81. The molecule has 4 heteroatoms. The summed E-state index contributed by atoms with van der Waals surface area (Å²) in [6.07, 6.45) is 3.56. The van der Waals surface area contributed by atoms with Gasteiger partial charge in [0.25, 0.3) is 0 Å². The van der Waals surface area contributed by atoms with E-state index in [1.807, 2.05) is 49.5 Å². The van der Waals surface area contributed by atoms with E-state index in [4.69, 9.17) is 0 Å². The van der Waals surface area contributed by atoms with Gasteiger partial charge in [0.1, 0.15) is 6.33 Å². The molecule has 0 radical (unpaired) electrons. The van der Waals surface area contributed by atoms with Crippen LogP contribution in [-0.4, -0.2) is 19.6 Å². The molecule has 0 saturated carbocycles. The van der Waals surface area contributed by atoms with E-state index in [-0.39, 0.29) is 0 Å². The third kappa shape index (κ3) is 2.15. The Morgan fingerprint density at radius 2 is 1.73 bits per heavy atom. The molecule has 3 aromatic heterocycles. The summed E-state index contributed by atoms with van der Waals surface area (Å²) < 4.78 is 1.79. The number of aryl methyl sites for hydroxylation is 1. The smallest absolute Gasteiger partial charge is 0.155 e.